The van der Waals surface area contributed by atoms with E-state index in [2.05, 4.69) is 23.1 Å². The molecule has 112 valence electrons. The molecule has 0 saturated carbocycles. The molecule has 0 N–H and O–H groups in total. The summed E-state index contributed by atoms with van der Waals surface area (Å²) in [5.41, 5.74) is 1.21. The number of carbonyl (C=O) groups is 1. The minimum absolute atomic E-state index is 0.0105. The SMILES string of the molecule is CN(C[C@@H]1CCCN(C)[C@H]1c1ccnn1C)C(=O)CCl. The van der Waals surface area contributed by atoms with E-state index < -0.39 is 0 Å². The summed E-state index contributed by atoms with van der Waals surface area (Å²) >= 11 is 5.64. The molecule has 0 aromatic carbocycles. The fourth-order valence-corrected chi connectivity index (χ4v) is 3.35. The molecule has 6 heteroatoms. The Kier molecular flexibility index (Phi) is 5.05. The van der Waals surface area contributed by atoms with Crippen LogP contribution in [0.2, 0.25) is 0 Å². The lowest BCUT2D eigenvalue weighted by molar-refractivity contribution is -0.128. The first-order valence-corrected chi connectivity index (χ1v) is 7.56. The molecule has 0 spiro atoms. The second kappa shape index (κ2) is 6.59. The van der Waals surface area contributed by atoms with Gasteiger partial charge in [-0.3, -0.25) is 14.4 Å². The topological polar surface area (TPSA) is 41.4 Å². The van der Waals surface area contributed by atoms with Crippen LogP contribution in [0.4, 0.5) is 0 Å². The highest BCUT2D eigenvalue weighted by atomic mass is 35.5. The second-order valence-electron chi connectivity index (χ2n) is 5.62. The summed E-state index contributed by atoms with van der Waals surface area (Å²) in [6.45, 7) is 1.82. The van der Waals surface area contributed by atoms with Crippen LogP contribution in [0.15, 0.2) is 12.3 Å². The van der Waals surface area contributed by atoms with Crippen molar-refractivity contribution in [1.82, 2.24) is 19.6 Å². The fraction of sp³-hybridized carbons (Fsp3) is 0.714. The number of halogens is 1. The Morgan fingerprint density at radius 1 is 1.55 bits per heavy atom. The van der Waals surface area contributed by atoms with Crippen LogP contribution in [0.5, 0.6) is 0 Å². The third-order valence-corrected chi connectivity index (χ3v) is 4.45. The third kappa shape index (κ3) is 3.15. The number of alkyl halides is 1. The third-order valence-electron chi connectivity index (χ3n) is 4.22. The maximum Gasteiger partial charge on any atom is 0.237 e. The largest absolute Gasteiger partial charge is 0.344 e. The van der Waals surface area contributed by atoms with Gasteiger partial charge in [0.2, 0.25) is 5.91 Å². The molecule has 0 aliphatic carbocycles. The van der Waals surface area contributed by atoms with E-state index in [-0.39, 0.29) is 11.8 Å². The number of aryl methyl sites for hydroxylation is 1. The highest BCUT2D eigenvalue weighted by Crippen LogP contribution is 2.35. The molecule has 1 aromatic heterocycles. The molecule has 5 nitrogen and oxygen atoms in total. The van der Waals surface area contributed by atoms with Gasteiger partial charge in [-0.25, -0.2) is 0 Å². The van der Waals surface area contributed by atoms with Crippen molar-refractivity contribution in [3.8, 4) is 0 Å². The average Bonchev–Trinajstić information content (AvgIpc) is 2.84. The molecule has 1 aliphatic rings. The number of piperidine rings is 1. The number of likely N-dealkylation sites (tertiary alicyclic amines) is 1. The van der Waals surface area contributed by atoms with Crippen LogP contribution >= 0.6 is 11.6 Å². The second-order valence-corrected chi connectivity index (χ2v) is 5.88. The summed E-state index contributed by atoms with van der Waals surface area (Å²) < 4.78 is 1.93. The molecule has 1 aromatic rings. The highest BCUT2D eigenvalue weighted by Gasteiger charge is 2.33. The number of hydrogen-bond donors (Lipinski definition) is 0. The van der Waals surface area contributed by atoms with Crippen molar-refractivity contribution >= 4 is 17.5 Å². The van der Waals surface area contributed by atoms with E-state index in [4.69, 9.17) is 11.6 Å². The molecular formula is C14H23ClN4O. The van der Waals surface area contributed by atoms with E-state index in [0.29, 0.717) is 12.0 Å². The monoisotopic (exact) mass is 298 g/mol. The van der Waals surface area contributed by atoms with E-state index in [1.807, 2.05) is 25.0 Å². The number of hydrogen-bond acceptors (Lipinski definition) is 3. The zero-order valence-electron chi connectivity index (χ0n) is 12.4. The Balaban J connectivity index is 2.16. The van der Waals surface area contributed by atoms with E-state index in [9.17, 15) is 4.79 Å². The molecule has 1 amide bonds. The van der Waals surface area contributed by atoms with Crippen molar-refractivity contribution in [2.45, 2.75) is 18.9 Å². The van der Waals surface area contributed by atoms with Gasteiger partial charge in [0, 0.05) is 26.8 Å². The van der Waals surface area contributed by atoms with Gasteiger partial charge in [0.25, 0.3) is 0 Å². The molecular weight excluding hydrogens is 276 g/mol. The van der Waals surface area contributed by atoms with Gasteiger partial charge in [-0.15, -0.1) is 11.6 Å². The number of amides is 1. The van der Waals surface area contributed by atoms with Crippen molar-refractivity contribution in [1.29, 1.82) is 0 Å². The average molecular weight is 299 g/mol. The van der Waals surface area contributed by atoms with Crippen LogP contribution in [0.25, 0.3) is 0 Å². The van der Waals surface area contributed by atoms with E-state index in [1.165, 1.54) is 12.1 Å². The van der Waals surface area contributed by atoms with Gasteiger partial charge in [0.05, 0.1) is 11.7 Å². The zero-order valence-corrected chi connectivity index (χ0v) is 13.2. The maximum atomic E-state index is 11.7. The predicted octanol–water partition coefficient (Wildman–Crippen LogP) is 1.50. The van der Waals surface area contributed by atoms with Gasteiger partial charge in [-0.1, -0.05) is 0 Å². The lowest BCUT2D eigenvalue weighted by atomic mass is 9.87. The number of aromatic nitrogens is 2. The first-order valence-electron chi connectivity index (χ1n) is 7.02. The summed E-state index contributed by atoms with van der Waals surface area (Å²) in [5.74, 6) is 0.458. The lowest BCUT2D eigenvalue weighted by Gasteiger charge is -2.40. The van der Waals surface area contributed by atoms with E-state index >= 15 is 0 Å². The normalized spacial score (nSPS) is 23.8. The molecule has 0 bridgehead atoms. The molecule has 0 unspecified atom stereocenters. The molecule has 2 rings (SSSR count). The van der Waals surface area contributed by atoms with Gasteiger partial charge >= 0.3 is 0 Å². The Morgan fingerprint density at radius 2 is 2.30 bits per heavy atom. The Labute approximate surface area is 125 Å². The molecule has 0 radical (unpaired) electrons. The standard InChI is InChI=1S/C14H23ClN4O/c1-17-8-4-5-11(10-18(2)13(20)9-15)14(17)12-6-7-16-19(12)3/h6-7,11,14H,4-5,8-10H2,1-3H3/t11-,14+/m0/s1. The van der Waals surface area contributed by atoms with Crippen LogP contribution in [-0.2, 0) is 11.8 Å². The first-order chi connectivity index (χ1) is 9.54. The van der Waals surface area contributed by atoms with Crippen LogP contribution < -0.4 is 0 Å². The van der Waals surface area contributed by atoms with Crippen molar-refractivity contribution < 1.29 is 4.79 Å². The smallest absolute Gasteiger partial charge is 0.237 e. The molecule has 2 heterocycles. The quantitative estimate of drug-likeness (QED) is 0.791. The predicted molar refractivity (Wildman–Crippen MR) is 79.7 cm³/mol. The molecule has 20 heavy (non-hydrogen) atoms. The number of nitrogens with zero attached hydrogens (tertiary/aromatic N) is 4. The summed E-state index contributed by atoms with van der Waals surface area (Å²) in [5, 5.41) is 4.28. The molecule has 1 saturated heterocycles. The Bertz CT molecular complexity index is 462. The van der Waals surface area contributed by atoms with Gasteiger partial charge in [0.15, 0.2) is 0 Å². The van der Waals surface area contributed by atoms with E-state index in [1.54, 1.807) is 4.90 Å². The van der Waals surface area contributed by atoms with Crippen molar-refractivity contribution in [2.75, 3.05) is 33.1 Å². The molecule has 1 fully saturated rings. The summed E-state index contributed by atoms with van der Waals surface area (Å²) in [7, 11) is 5.95. The number of rotatable bonds is 4. The number of carbonyl (C=O) groups excluding carboxylic acids is 1. The van der Waals surface area contributed by atoms with Crippen LogP contribution in [0, 0.1) is 5.92 Å². The van der Waals surface area contributed by atoms with Gasteiger partial charge in [-0.05, 0) is 38.4 Å². The highest BCUT2D eigenvalue weighted by molar-refractivity contribution is 6.27. The summed E-state index contributed by atoms with van der Waals surface area (Å²) in [6, 6.07) is 2.38. The Morgan fingerprint density at radius 3 is 2.90 bits per heavy atom. The first kappa shape index (κ1) is 15.3. The van der Waals surface area contributed by atoms with Crippen molar-refractivity contribution in [3.05, 3.63) is 18.0 Å². The minimum Gasteiger partial charge on any atom is -0.344 e. The van der Waals surface area contributed by atoms with Crippen LogP contribution in [-0.4, -0.2) is 58.6 Å². The van der Waals surface area contributed by atoms with E-state index in [0.717, 1.165) is 19.5 Å². The lowest BCUT2D eigenvalue weighted by Crippen LogP contribution is -2.43. The van der Waals surface area contributed by atoms with Crippen LogP contribution in [0.3, 0.4) is 0 Å². The maximum absolute atomic E-state index is 11.7. The van der Waals surface area contributed by atoms with Gasteiger partial charge < -0.3 is 4.90 Å². The van der Waals surface area contributed by atoms with Gasteiger partial charge in [0.1, 0.15) is 5.88 Å². The fourth-order valence-electron chi connectivity index (χ4n) is 3.15. The van der Waals surface area contributed by atoms with Crippen LogP contribution in [0.1, 0.15) is 24.6 Å². The minimum atomic E-state index is -0.0105. The summed E-state index contributed by atoms with van der Waals surface area (Å²) in [6.07, 6.45) is 4.13. The molecule has 2 atom stereocenters. The zero-order chi connectivity index (χ0) is 14.7. The van der Waals surface area contributed by atoms with Crippen molar-refractivity contribution in [3.63, 3.8) is 0 Å². The van der Waals surface area contributed by atoms with Crippen molar-refractivity contribution in [2.24, 2.45) is 13.0 Å². The van der Waals surface area contributed by atoms with Gasteiger partial charge in [-0.2, -0.15) is 5.10 Å². The summed E-state index contributed by atoms with van der Waals surface area (Å²) in [4.78, 5) is 15.8. The Hall–Kier alpha value is -1.07. The molecule has 1 aliphatic heterocycles.